The van der Waals surface area contributed by atoms with Gasteiger partial charge in [0.05, 0.1) is 6.54 Å². The fourth-order valence-electron chi connectivity index (χ4n) is 3.39. The van der Waals surface area contributed by atoms with E-state index in [-0.39, 0.29) is 0 Å². The lowest BCUT2D eigenvalue weighted by Crippen LogP contribution is -2.45. The molecule has 3 rings (SSSR count). The van der Waals surface area contributed by atoms with E-state index >= 15 is 0 Å². The van der Waals surface area contributed by atoms with Gasteiger partial charge < -0.3 is 14.8 Å². The van der Waals surface area contributed by atoms with Crippen LogP contribution >= 0.6 is 0 Å². The van der Waals surface area contributed by atoms with Gasteiger partial charge in [-0.25, -0.2) is 0 Å². The first kappa shape index (κ1) is 17.5. The molecular weight excluding hydrogens is 312 g/mol. The molecule has 1 aliphatic rings. The molecule has 6 nitrogen and oxygen atoms in total. The number of nitrogens with zero attached hydrogens (tertiary/aromatic N) is 5. The lowest BCUT2D eigenvalue weighted by Gasteiger charge is -2.34. The van der Waals surface area contributed by atoms with Gasteiger partial charge in [-0.3, -0.25) is 4.99 Å². The van der Waals surface area contributed by atoms with Crippen LogP contribution in [0.5, 0.6) is 0 Å². The Morgan fingerprint density at radius 2 is 1.92 bits per heavy atom. The van der Waals surface area contributed by atoms with Gasteiger partial charge in [0.2, 0.25) is 0 Å². The maximum absolute atomic E-state index is 4.45. The standard InChI is InChI=1S/C19H28N6/c1-15-22-23-18(24(15)3)14-21-19(20-2)25-11-9-17(10-12-25)13-16-7-5-4-6-8-16/h4-8,17H,9-14H2,1-3H3,(H,20,21). The third-order valence-corrected chi connectivity index (χ3v) is 5.08. The number of aliphatic imine (C=N–C) groups is 1. The average molecular weight is 340 g/mol. The second-order valence-electron chi connectivity index (χ2n) is 6.74. The lowest BCUT2D eigenvalue weighted by atomic mass is 9.90. The number of guanidine groups is 1. The van der Waals surface area contributed by atoms with Crippen LogP contribution in [0.15, 0.2) is 35.3 Å². The molecule has 1 saturated heterocycles. The monoisotopic (exact) mass is 340 g/mol. The first-order valence-electron chi connectivity index (χ1n) is 9.01. The van der Waals surface area contributed by atoms with Gasteiger partial charge in [0.25, 0.3) is 0 Å². The molecule has 0 amide bonds. The molecule has 6 heteroatoms. The molecule has 1 aromatic carbocycles. The van der Waals surface area contributed by atoms with Crippen molar-refractivity contribution in [1.82, 2.24) is 25.0 Å². The third-order valence-electron chi connectivity index (χ3n) is 5.08. The van der Waals surface area contributed by atoms with Crippen LogP contribution in [0, 0.1) is 12.8 Å². The summed E-state index contributed by atoms with van der Waals surface area (Å²) in [5, 5.41) is 11.7. The van der Waals surface area contributed by atoms with Crippen LogP contribution in [0.25, 0.3) is 0 Å². The summed E-state index contributed by atoms with van der Waals surface area (Å²) >= 11 is 0. The Kier molecular flexibility index (Phi) is 5.68. The molecule has 1 aliphatic heterocycles. The predicted molar refractivity (Wildman–Crippen MR) is 100 cm³/mol. The van der Waals surface area contributed by atoms with Crippen LogP contribution in [0.2, 0.25) is 0 Å². The largest absolute Gasteiger partial charge is 0.349 e. The number of benzene rings is 1. The molecule has 2 heterocycles. The molecule has 1 N–H and O–H groups in total. The number of aryl methyl sites for hydroxylation is 1. The zero-order valence-corrected chi connectivity index (χ0v) is 15.4. The third kappa shape index (κ3) is 4.38. The van der Waals surface area contributed by atoms with Crippen molar-refractivity contribution < 1.29 is 0 Å². The van der Waals surface area contributed by atoms with Crippen LogP contribution in [-0.2, 0) is 20.0 Å². The zero-order valence-electron chi connectivity index (χ0n) is 15.4. The summed E-state index contributed by atoms with van der Waals surface area (Å²) in [5.41, 5.74) is 1.45. The van der Waals surface area contributed by atoms with Crippen LogP contribution in [-0.4, -0.2) is 45.8 Å². The van der Waals surface area contributed by atoms with Gasteiger partial charge in [-0.2, -0.15) is 0 Å². The molecule has 0 aliphatic carbocycles. The van der Waals surface area contributed by atoms with Crippen LogP contribution in [0.1, 0.15) is 30.1 Å². The highest BCUT2D eigenvalue weighted by Gasteiger charge is 2.21. The van der Waals surface area contributed by atoms with E-state index in [0.717, 1.165) is 36.6 Å². The van der Waals surface area contributed by atoms with Gasteiger partial charge in [-0.15, -0.1) is 10.2 Å². The van der Waals surface area contributed by atoms with E-state index in [1.807, 2.05) is 25.6 Å². The zero-order chi connectivity index (χ0) is 17.6. The molecule has 0 saturated carbocycles. The van der Waals surface area contributed by atoms with Crippen molar-refractivity contribution in [1.29, 1.82) is 0 Å². The molecule has 0 radical (unpaired) electrons. The number of nitrogens with one attached hydrogen (secondary N) is 1. The van der Waals surface area contributed by atoms with Crippen molar-refractivity contribution in [2.45, 2.75) is 32.7 Å². The normalized spacial score (nSPS) is 16.3. The smallest absolute Gasteiger partial charge is 0.194 e. The van der Waals surface area contributed by atoms with Gasteiger partial charge in [0.1, 0.15) is 5.82 Å². The van der Waals surface area contributed by atoms with E-state index < -0.39 is 0 Å². The van der Waals surface area contributed by atoms with Crippen molar-refractivity contribution in [2.24, 2.45) is 18.0 Å². The first-order valence-corrected chi connectivity index (χ1v) is 9.01. The summed E-state index contributed by atoms with van der Waals surface area (Å²) in [6, 6.07) is 10.8. The molecule has 2 aromatic rings. The number of aromatic nitrogens is 3. The molecule has 0 spiro atoms. The number of hydrogen-bond donors (Lipinski definition) is 1. The van der Waals surface area contributed by atoms with E-state index in [1.165, 1.54) is 24.8 Å². The molecule has 1 aromatic heterocycles. The fourth-order valence-corrected chi connectivity index (χ4v) is 3.39. The van der Waals surface area contributed by atoms with Crippen molar-refractivity contribution in [3.05, 3.63) is 47.5 Å². The number of hydrogen-bond acceptors (Lipinski definition) is 3. The highest BCUT2D eigenvalue weighted by atomic mass is 15.3. The van der Waals surface area contributed by atoms with Gasteiger partial charge in [0, 0.05) is 27.2 Å². The maximum atomic E-state index is 4.45. The minimum absolute atomic E-state index is 0.647. The van der Waals surface area contributed by atoms with Crippen molar-refractivity contribution in [3.63, 3.8) is 0 Å². The van der Waals surface area contributed by atoms with E-state index in [9.17, 15) is 0 Å². The van der Waals surface area contributed by atoms with Crippen molar-refractivity contribution in [2.75, 3.05) is 20.1 Å². The summed E-state index contributed by atoms with van der Waals surface area (Å²) in [5.74, 6) is 3.57. The Hall–Kier alpha value is -2.37. The second kappa shape index (κ2) is 8.14. The summed E-state index contributed by atoms with van der Waals surface area (Å²) in [4.78, 5) is 6.80. The Labute approximate surface area is 150 Å². The molecular formula is C19H28N6. The minimum atomic E-state index is 0.647. The molecule has 0 atom stereocenters. The average Bonchev–Trinajstić information content (AvgIpc) is 2.96. The summed E-state index contributed by atoms with van der Waals surface area (Å²) in [6.45, 7) is 4.71. The Balaban J connectivity index is 1.49. The van der Waals surface area contributed by atoms with Crippen molar-refractivity contribution >= 4 is 5.96 Å². The Morgan fingerprint density at radius 3 is 2.52 bits per heavy atom. The molecule has 25 heavy (non-hydrogen) atoms. The Bertz CT molecular complexity index is 698. The number of piperidine rings is 1. The second-order valence-corrected chi connectivity index (χ2v) is 6.74. The molecule has 134 valence electrons. The number of rotatable bonds is 4. The molecule has 0 unspecified atom stereocenters. The van der Waals surface area contributed by atoms with Gasteiger partial charge in [-0.05, 0) is 37.7 Å². The van der Waals surface area contributed by atoms with E-state index in [0.29, 0.717) is 6.54 Å². The van der Waals surface area contributed by atoms with E-state index in [4.69, 9.17) is 0 Å². The van der Waals surface area contributed by atoms with Gasteiger partial charge >= 0.3 is 0 Å². The predicted octanol–water partition coefficient (Wildman–Crippen LogP) is 2.15. The molecule has 1 fully saturated rings. The maximum Gasteiger partial charge on any atom is 0.194 e. The van der Waals surface area contributed by atoms with Crippen LogP contribution < -0.4 is 5.32 Å². The van der Waals surface area contributed by atoms with Crippen molar-refractivity contribution in [3.8, 4) is 0 Å². The highest BCUT2D eigenvalue weighted by molar-refractivity contribution is 5.79. The lowest BCUT2D eigenvalue weighted by molar-refractivity contribution is 0.258. The van der Waals surface area contributed by atoms with E-state index in [1.54, 1.807) is 0 Å². The Morgan fingerprint density at radius 1 is 1.20 bits per heavy atom. The number of likely N-dealkylation sites (tertiary alicyclic amines) is 1. The minimum Gasteiger partial charge on any atom is -0.349 e. The van der Waals surface area contributed by atoms with Crippen LogP contribution in [0.4, 0.5) is 0 Å². The summed E-state index contributed by atoms with van der Waals surface area (Å²) in [6.07, 6.45) is 3.59. The van der Waals surface area contributed by atoms with Gasteiger partial charge in [-0.1, -0.05) is 30.3 Å². The topological polar surface area (TPSA) is 58.3 Å². The molecule has 0 bridgehead atoms. The first-order chi connectivity index (χ1) is 12.2. The summed E-state index contributed by atoms with van der Waals surface area (Å²) in [7, 11) is 3.84. The van der Waals surface area contributed by atoms with Gasteiger partial charge in [0.15, 0.2) is 11.8 Å². The SMILES string of the molecule is CN=C(NCc1nnc(C)n1C)N1CCC(Cc2ccccc2)CC1. The van der Waals surface area contributed by atoms with E-state index in [2.05, 4.69) is 55.7 Å². The quantitative estimate of drug-likeness (QED) is 0.684. The highest BCUT2D eigenvalue weighted by Crippen LogP contribution is 2.21. The fraction of sp³-hybridized carbons (Fsp3) is 0.526. The summed E-state index contributed by atoms with van der Waals surface area (Å²) < 4.78 is 2.01. The van der Waals surface area contributed by atoms with Crippen LogP contribution in [0.3, 0.4) is 0 Å².